The van der Waals surface area contributed by atoms with E-state index in [1.807, 2.05) is 22.7 Å². The lowest BCUT2D eigenvalue weighted by atomic mass is 9.93. The Morgan fingerprint density at radius 2 is 1.37 bits per heavy atom. The lowest BCUT2D eigenvalue weighted by Gasteiger charge is -2.13. The third kappa shape index (κ3) is 7.19. The van der Waals surface area contributed by atoms with E-state index in [9.17, 15) is 0 Å². The number of nitrogens with zero attached hydrogens (tertiary/aromatic N) is 3. The molecule has 0 N–H and O–H groups in total. The van der Waals surface area contributed by atoms with Crippen molar-refractivity contribution in [2.75, 3.05) is 0 Å². The van der Waals surface area contributed by atoms with Gasteiger partial charge in [-0.1, -0.05) is 119 Å². The molecule has 6 aromatic rings. The number of fused-ring (bicyclic) bond motifs is 4. The number of thiophene rings is 2. The molecule has 2 aromatic carbocycles. The van der Waals surface area contributed by atoms with Crippen molar-refractivity contribution < 1.29 is 0 Å². The van der Waals surface area contributed by atoms with Crippen LogP contribution in [0.3, 0.4) is 0 Å². The predicted molar refractivity (Wildman–Crippen MR) is 225 cm³/mol. The molecule has 2 bridgehead atoms. The van der Waals surface area contributed by atoms with E-state index in [2.05, 4.69) is 109 Å². The average molecular weight is 742 g/mol. The Morgan fingerprint density at radius 3 is 2.16 bits per heavy atom. The molecule has 0 saturated heterocycles. The van der Waals surface area contributed by atoms with E-state index in [0.717, 1.165) is 35.8 Å². The van der Waals surface area contributed by atoms with Gasteiger partial charge >= 0.3 is 0 Å². The zero-order valence-electron chi connectivity index (χ0n) is 29.4. The van der Waals surface area contributed by atoms with E-state index in [-0.39, 0.29) is 0 Å². The quantitative estimate of drug-likeness (QED) is 0.104. The van der Waals surface area contributed by atoms with Gasteiger partial charge in [0, 0.05) is 41.4 Å². The molecular weight excluding hydrogens is 699 g/mol. The minimum atomic E-state index is 0.920. The van der Waals surface area contributed by atoms with Gasteiger partial charge in [-0.15, -0.1) is 22.7 Å². The van der Waals surface area contributed by atoms with Crippen LogP contribution < -0.4 is 0 Å². The topological polar surface area (TPSA) is 38.7 Å². The van der Waals surface area contributed by atoms with E-state index in [4.69, 9.17) is 8.75 Å². The molecule has 0 aliphatic heterocycles. The maximum absolute atomic E-state index is 4.81. The van der Waals surface area contributed by atoms with Crippen molar-refractivity contribution in [3.05, 3.63) is 122 Å². The predicted octanol–water partition coefficient (Wildman–Crippen LogP) is 14.3. The maximum atomic E-state index is 4.81. The molecule has 4 heterocycles. The van der Waals surface area contributed by atoms with Gasteiger partial charge in [-0.2, -0.15) is 13.1 Å². The fraction of sp³-hybridized carbons (Fsp3) is 0.295. The van der Waals surface area contributed by atoms with Crippen LogP contribution in [0.25, 0.3) is 54.0 Å². The van der Waals surface area contributed by atoms with E-state index in [0.29, 0.717) is 0 Å². The van der Waals surface area contributed by atoms with E-state index in [1.54, 1.807) is 11.5 Å². The molecule has 0 unspecified atom stereocenters. The van der Waals surface area contributed by atoms with E-state index >= 15 is 0 Å². The van der Waals surface area contributed by atoms with Crippen LogP contribution in [0.5, 0.6) is 0 Å². The summed E-state index contributed by atoms with van der Waals surface area (Å²) in [6.45, 7) is 4.58. The minimum Gasteiger partial charge on any atom is -0.192 e. The van der Waals surface area contributed by atoms with Crippen molar-refractivity contribution >= 4 is 79.0 Å². The van der Waals surface area contributed by atoms with Crippen molar-refractivity contribution in [3.63, 3.8) is 0 Å². The van der Waals surface area contributed by atoms with Gasteiger partial charge < -0.3 is 0 Å². The summed E-state index contributed by atoms with van der Waals surface area (Å²) in [6, 6.07) is 17.9. The molecule has 3 nitrogen and oxygen atoms in total. The molecule has 2 aliphatic rings. The van der Waals surface area contributed by atoms with Crippen LogP contribution in [0.4, 0.5) is 0 Å². The summed E-state index contributed by atoms with van der Waals surface area (Å²) >= 11 is 6.73. The normalized spacial score (nSPS) is 14.4. The molecule has 258 valence electrons. The summed E-state index contributed by atoms with van der Waals surface area (Å²) in [7, 11) is 0. The van der Waals surface area contributed by atoms with Gasteiger partial charge in [0.25, 0.3) is 0 Å². The van der Waals surface area contributed by atoms with Crippen LogP contribution in [0.2, 0.25) is 0 Å². The second-order valence-corrected chi connectivity index (χ2v) is 16.9. The highest BCUT2D eigenvalue weighted by Crippen LogP contribution is 2.46. The first-order valence-electron chi connectivity index (χ1n) is 18.5. The summed E-state index contributed by atoms with van der Waals surface area (Å²) < 4.78 is 14.0. The highest BCUT2D eigenvalue weighted by Gasteiger charge is 2.24. The van der Waals surface area contributed by atoms with E-state index in [1.165, 1.54) is 133 Å². The molecule has 0 atom stereocenters. The molecule has 2 aliphatic carbocycles. The number of benzene rings is 2. The molecular formula is C44H43N3S4. The number of rotatable bonds is 14. The first-order valence-corrected chi connectivity index (χ1v) is 21.7. The lowest BCUT2D eigenvalue weighted by Crippen LogP contribution is -1.94. The number of hydrogen-bond donors (Lipinski definition) is 0. The molecule has 51 heavy (non-hydrogen) atoms. The molecule has 0 saturated carbocycles. The molecule has 8 rings (SSSR count). The zero-order chi connectivity index (χ0) is 34.6. The van der Waals surface area contributed by atoms with Gasteiger partial charge in [0.2, 0.25) is 0 Å². The number of aryl methyl sites for hydroxylation is 2. The van der Waals surface area contributed by atoms with Crippen LogP contribution in [0, 0.1) is 0 Å². The fourth-order valence-electron chi connectivity index (χ4n) is 7.40. The van der Waals surface area contributed by atoms with Crippen LogP contribution in [-0.4, -0.2) is 13.1 Å². The third-order valence-corrected chi connectivity index (χ3v) is 13.8. The Balaban J connectivity index is 1.16. The summed E-state index contributed by atoms with van der Waals surface area (Å²) in [6.07, 6.45) is 27.3. The van der Waals surface area contributed by atoms with Crippen molar-refractivity contribution in [2.45, 2.75) is 84.5 Å². The van der Waals surface area contributed by atoms with Crippen LogP contribution in [0.15, 0.2) is 102 Å². The van der Waals surface area contributed by atoms with Crippen molar-refractivity contribution in [3.8, 4) is 20.9 Å². The zero-order valence-corrected chi connectivity index (χ0v) is 32.7. The molecule has 0 spiro atoms. The molecule has 4 aromatic heterocycles. The third-order valence-electron chi connectivity index (χ3n) is 10.1. The number of aromatic nitrogens is 3. The number of allylic oxidation sites excluding steroid dienone is 10. The Bertz CT molecular complexity index is 2330. The summed E-state index contributed by atoms with van der Waals surface area (Å²) in [5.74, 6) is 0. The largest absolute Gasteiger partial charge is 0.192 e. The first kappa shape index (κ1) is 34.3. The van der Waals surface area contributed by atoms with Crippen LogP contribution in [0.1, 0.15) is 92.5 Å². The highest BCUT2D eigenvalue weighted by atomic mass is 32.1. The van der Waals surface area contributed by atoms with Gasteiger partial charge in [-0.25, -0.2) is 0 Å². The summed E-state index contributed by atoms with van der Waals surface area (Å²) in [5, 5.41) is 3.39. The molecule has 0 fully saturated rings. The standard InChI is InChI=1S/C44H43N3S4/c1-3-5-7-9-15-31-26-39(36-22-13-19-33-28-48-46-41(33)36)49-43(31)34-20-11-18-30-25-29(34)17-12-21-35(30)44-32(16-10-8-6-4-2)27-40(50-44)37-23-14-24-38-42(37)47-51-45-38/h11-14,17-24,26-28H,3-10,15-16,25H2,1-2H3. The Morgan fingerprint density at radius 1 is 0.667 bits per heavy atom. The molecule has 7 heteroatoms. The molecule has 0 radical (unpaired) electrons. The monoisotopic (exact) mass is 741 g/mol. The van der Waals surface area contributed by atoms with Crippen LogP contribution in [-0.2, 0) is 12.8 Å². The smallest absolute Gasteiger partial charge is 0.113 e. The SMILES string of the molecule is CCCCCCc1cc(-c2cccc3csnc23)sc1C1=CC=CC2=C(c3sc(-c4cccc5nsnc45)cc3CCCCCC)C=CC=C1C2. The summed E-state index contributed by atoms with van der Waals surface area (Å²) in [5.41, 5.74) is 14.0. The summed E-state index contributed by atoms with van der Waals surface area (Å²) in [4.78, 5) is 5.44. The van der Waals surface area contributed by atoms with Gasteiger partial charge in [-0.05, 0) is 95.3 Å². The number of hydrogen-bond acceptors (Lipinski definition) is 7. The minimum absolute atomic E-state index is 0.920. The molecule has 0 amide bonds. The highest BCUT2D eigenvalue weighted by molar-refractivity contribution is 7.17. The van der Waals surface area contributed by atoms with Crippen molar-refractivity contribution in [2.24, 2.45) is 0 Å². The van der Waals surface area contributed by atoms with Gasteiger partial charge in [0.1, 0.15) is 11.0 Å². The van der Waals surface area contributed by atoms with Gasteiger partial charge in [0.05, 0.1) is 17.2 Å². The fourth-order valence-corrected chi connectivity index (χ4v) is 11.2. The number of unbranched alkanes of at least 4 members (excludes halogenated alkanes) is 6. The van der Waals surface area contributed by atoms with Crippen molar-refractivity contribution in [1.82, 2.24) is 13.1 Å². The van der Waals surface area contributed by atoms with Gasteiger partial charge in [0.15, 0.2) is 0 Å². The maximum Gasteiger partial charge on any atom is 0.113 e. The van der Waals surface area contributed by atoms with Crippen molar-refractivity contribution in [1.29, 1.82) is 0 Å². The van der Waals surface area contributed by atoms with E-state index < -0.39 is 0 Å². The Kier molecular flexibility index (Phi) is 10.7. The van der Waals surface area contributed by atoms with Gasteiger partial charge in [-0.3, -0.25) is 0 Å². The lowest BCUT2D eigenvalue weighted by molar-refractivity contribution is 0.667. The second kappa shape index (κ2) is 15.9. The Hall–Kier alpha value is -3.75. The average Bonchev–Trinajstić information content (AvgIpc) is 3.95. The first-order chi connectivity index (χ1) is 25.2. The van der Waals surface area contributed by atoms with Crippen LogP contribution >= 0.6 is 45.9 Å². The Labute approximate surface area is 318 Å². The second-order valence-electron chi connectivity index (χ2n) is 13.7.